The maximum Gasteiger partial charge on any atom is 0.411 e. The van der Waals surface area contributed by atoms with Crippen molar-refractivity contribution < 1.29 is 18.7 Å². The van der Waals surface area contributed by atoms with E-state index < -0.39 is 11.9 Å². The van der Waals surface area contributed by atoms with Gasteiger partial charge in [-0.05, 0) is 36.2 Å². The summed E-state index contributed by atoms with van der Waals surface area (Å²) in [4.78, 5) is 30.8. The number of nitrogens with zero attached hydrogens (tertiary/aromatic N) is 3. The monoisotopic (exact) mass is 641 g/mol. The number of amidine groups is 1. The van der Waals surface area contributed by atoms with E-state index in [1.165, 1.54) is 19.2 Å². The first-order valence-corrected chi connectivity index (χ1v) is 14.5. The van der Waals surface area contributed by atoms with Crippen LogP contribution in [0.2, 0.25) is 0 Å². The highest BCUT2D eigenvalue weighted by Crippen LogP contribution is 2.28. The number of aromatic nitrogens is 1. The molecule has 224 valence electrons. The van der Waals surface area contributed by atoms with Crippen LogP contribution in [0.4, 0.5) is 9.18 Å². The largest absolute Gasteiger partial charge is 0.494 e. The second kappa shape index (κ2) is 15.9. The van der Waals surface area contributed by atoms with E-state index in [0.717, 1.165) is 11.1 Å². The predicted molar refractivity (Wildman–Crippen MR) is 166 cm³/mol. The second-order valence-electron chi connectivity index (χ2n) is 9.17. The quantitative estimate of drug-likeness (QED) is 0.232. The lowest BCUT2D eigenvalue weighted by Crippen LogP contribution is -2.28. The molecule has 2 aromatic carbocycles. The Morgan fingerprint density at radius 3 is 2.40 bits per heavy atom. The summed E-state index contributed by atoms with van der Waals surface area (Å²) in [7, 11) is 1.40. The van der Waals surface area contributed by atoms with Crippen molar-refractivity contribution in [3.05, 3.63) is 109 Å². The van der Waals surface area contributed by atoms with Crippen LogP contribution in [0.5, 0.6) is 5.75 Å². The molecule has 42 heavy (non-hydrogen) atoms. The third kappa shape index (κ3) is 8.53. The fraction of sp³-hybridized carbons (Fsp3) is 0.323. The fourth-order valence-corrected chi connectivity index (χ4v) is 4.81. The van der Waals surface area contributed by atoms with Crippen LogP contribution in [0.3, 0.4) is 0 Å². The van der Waals surface area contributed by atoms with Gasteiger partial charge < -0.3 is 19.8 Å². The normalized spacial score (nSPS) is 13.4. The molecule has 0 radical (unpaired) electrons. The molecule has 0 fully saturated rings. The van der Waals surface area contributed by atoms with Crippen molar-refractivity contribution in [1.29, 1.82) is 0 Å². The summed E-state index contributed by atoms with van der Waals surface area (Å²) < 4.78 is 27.1. The van der Waals surface area contributed by atoms with Crippen molar-refractivity contribution in [2.45, 2.75) is 40.4 Å². The molecular formula is C31H37BrFN5O4. The number of nitrogens with one attached hydrogen (secondary N) is 1. The predicted octanol–water partition coefficient (Wildman–Crippen LogP) is 5.21. The van der Waals surface area contributed by atoms with Crippen LogP contribution >= 0.6 is 15.9 Å². The number of alkyl carbamates (subject to hydrolysis) is 1. The number of halogens is 2. The Bertz CT molecular complexity index is 1490. The summed E-state index contributed by atoms with van der Waals surface area (Å²) >= 11 is 3.36. The van der Waals surface area contributed by atoms with Gasteiger partial charge in [0.25, 0.3) is 5.56 Å². The Balaban J connectivity index is 0.00000237. The van der Waals surface area contributed by atoms with Crippen LogP contribution in [-0.2, 0) is 24.4 Å². The first-order valence-electron chi connectivity index (χ1n) is 13.7. The van der Waals surface area contributed by atoms with Gasteiger partial charge in [-0.3, -0.25) is 20.0 Å². The Hall–Kier alpha value is -3.96. The van der Waals surface area contributed by atoms with Gasteiger partial charge in [0, 0.05) is 53.2 Å². The third-order valence-corrected chi connectivity index (χ3v) is 7.17. The third-order valence-electron chi connectivity index (χ3n) is 6.42. The summed E-state index contributed by atoms with van der Waals surface area (Å²) in [6.07, 6.45) is 1.19. The van der Waals surface area contributed by atoms with Crippen LogP contribution in [0.1, 0.15) is 37.5 Å². The zero-order chi connectivity index (χ0) is 30.6. The van der Waals surface area contributed by atoms with Gasteiger partial charge in [-0.1, -0.05) is 60.1 Å². The van der Waals surface area contributed by atoms with E-state index in [1.807, 2.05) is 44.2 Å². The van der Waals surface area contributed by atoms with E-state index >= 15 is 0 Å². The molecule has 1 aliphatic rings. The minimum Gasteiger partial charge on any atom is -0.494 e. The van der Waals surface area contributed by atoms with Gasteiger partial charge in [-0.25, -0.2) is 9.18 Å². The smallest absolute Gasteiger partial charge is 0.411 e. The van der Waals surface area contributed by atoms with E-state index in [-0.39, 0.29) is 30.3 Å². The molecule has 0 saturated carbocycles. The Labute approximate surface area is 254 Å². The highest BCUT2D eigenvalue weighted by Gasteiger charge is 2.26. The second-order valence-corrected chi connectivity index (χ2v) is 10.0. The van der Waals surface area contributed by atoms with Crippen molar-refractivity contribution in [1.82, 2.24) is 14.8 Å². The molecule has 1 amide bonds. The average molecular weight is 643 g/mol. The molecule has 0 aliphatic carbocycles. The highest BCUT2D eigenvalue weighted by molar-refractivity contribution is 9.10. The number of amides is 1. The summed E-state index contributed by atoms with van der Waals surface area (Å²) in [5.74, 6) is -0.197. The number of nitrogens with two attached hydrogens (primary N) is 1. The Kier molecular flexibility index (Phi) is 12.3. The summed E-state index contributed by atoms with van der Waals surface area (Å²) in [5.41, 5.74) is 9.94. The molecule has 4 rings (SSSR count). The molecule has 3 N–H and O–H groups in total. The standard InChI is InChI=1S/C29H31BrFN5O4.C2H6/c1-3-40-29(38)34-24-18-35(15-19-7-9-20(10-8-19)16-36-13-5-4-6-26(36)37)17-22(24)28(32)33-14-21-23(30)11-12-25(39-2)27(21)31;1-2/h4-13H,3,14-18H2,1-2H3,(H2,32,33)(H,34,38);1-2H3. The number of methoxy groups -OCH3 is 1. The fourth-order valence-electron chi connectivity index (χ4n) is 4.38. The van der Waals surface area contributed by atoms with Crippen LogP contribution in [0.15, 0.2) is 86.3 Å². The lowest BCUT2D eigenvalue weighted by atomic mass is 10.1. The maximum absolute atomic E-state index is 14.8. The molecule has 0 saturated heterocycles. The van der Waals surface area contributed by atoms with Crippen molar-refractivity contribution in [3.8, 4) is 5.75 Å². The van der Waals surface area contributed by atoms with Gasteiger partial charge in [0.15, 0.2) is 11.6 Å². The van der Waals surface area contributed by atoms with Crippen molar-refractivity contribution in [3.63, 3.8) is 0 Å². The number of hydrogen-bond donors (Lipinski definition) is 2. The first kappa shape index (κ1) is 32.6. The molecule has 3 aromatic rings. The maximum atomic E-state index is 14.8. The summed E-state index contributed by atoms with van der Waals surface area (Å²) in [5, 5.41) is 2.79. The molecule has 2 heterocycles. The molecule has 1 aromatic heterocycles. The zero-order valence-corrected chi connectivity index (χ0v) is 25.9. The molecule has 0 atom stereocenters. The van der Waals surface area contributed by atoms with Gasteiger partial charge in [-0.15, -0.1) is 0 Å². The lowest BCUT2D eigenvalue weighted by molar-refractivity contribution is 0.154. The van der Waals surface area contributed by atoms with E-state index in [2.05, 4.69) is 31.1 Å². The Morgan fingerprint density at radius 1 is 1.07 bits per heavy atom. The number of carbonyl (C=O) groups is 1. The molecule has 0 spiro atoms. The van der Waals surface area contributed by atoms with E-state index in [4.69, 9.17) is 15.2 Å². The molecule has 1 aliphatic heterocycles. The number of pyridine rings is 1. The molecule has 0 bridgehead atoms. The zero-order valence-electron chi connectivity index (χ0n) is 24.3. The van der Waals surface area contributed by atoms with Gasteiger partial charge in [0.2, 0.25) is 0 Å². The Morgan fingerprint density at radius 2 is 1.76 bits per heavy atom. The van der Waals surface area contributed by atoms with Crippen LogP contribution < -0.4 is 21.3 Å². The molecule has 0 unspecified atom stereocenters. The SMILES string of the molecule is CC.CCOC(=O)NC1=C(C(N)=NCc2c(Br)ccc(OC)c2F)CN(Cc2ccc(Cn3ccccc3=O)cc2)C1. The summed E-state index contributed by atoms with van der Waals surface area (Å²) in [6.45, 7) is 7.86. The van der Waals surface area contributed by atoms with Crippen LogP contribution in [0, 0.1) is 5.82 Å². The first-order chi connectivity index (χ1) is 20.3. The number of benzene rings is 2. The van der Waals surface area contributed by atoms with Crippen molar-refractivity contribution in [2.75, 3.05) is 26.8 Å². The summed E-state index contributed by atoms with van der Waals surface area (Å²) in [6, 6.07) is 16.3. The lowest BCUT2D eigenvalue weighted by Gasteiger charge is -2.17. The van der Waals surface area contributed by atoms with Gasteiger partial charge in [0.1, 0.15) is 5.84 Å². The average Bonchev–Trinajstić information content (AvgIpc) is 3.38. The van der Waals surface area contributed by atoms with Gasteiger partial charge >= 0.3 is 6.09 Å². The van der Waals surface area contributed by atoms with Crippen molar-refractivity contribution in [2.24, 2.45) is 10.7 Å². The van der Waals surface area contributed by atoms with Crippen LogP contribution in [-0.4, -0.2) is 48.2 Å². The topological polar surface area (TPSA) is 111 Å². The number of hydrogen-bond acceptors (Lipinski definition) is 6. The van der Waals surface area contributed by atoms with Crippen molar-refractivity contribution >= 4 is 27.9 Å². The van der Waals surface area contributed by atoms with E-state index in [9.17, 15) is 14.0 Å². The number of carbonyl (C=O) groups excluding carboxylic acids is 1. The minimum absolute atomic E-state index is 0.0163. The minimum atomic E-state index is -0.577. The molecule has 11 heteroatoms. The van der Waals surface area contributed by atoms with Crippen LogP contribution in [0.25, 0.3) is 0 Å². The van der Waals surface area contributed by atoms with Gasteiger partial charge in [0.05, 0.1) is 26.8 Å². The molecule has 9 nitrogen and oxygen atoms in total. The number of aliphatic imine (C=N–C) groups is 1. The highest BCUT2D eigenvalue weighted by atomic mass is 79.9. The van der Waals surface area contributed by atoms with E-state index in [0.29, 0.717) is 47.5 Å². The van der Waals surface area contributed by atoms with E-state index in [1.54, 1.807) is 29.8 Å². The number of rotatable bonds is 10. The number of ether oxygens (including phenoxy) is 2. The molecular weight excluding hydrogens is 605 g/mol. The van der Waals surface area contributed by atoms with Gasteiger partial charge in [-0.2, -0.15) is 0 Å².